The molecule has 8 heteroatoms. The molecule has 0 saturated heterocycles. The van der Waals surface area contributed by atoms with Crippen LogP contribution in [0, 0.1) is 0 Å². The third-order valence-corrected chi connectivity index (χ3v) is 2.58. The molecule has 0 radical (unpaired) electrons. The monoisotopic (exact) mass is 317 g/mol. The molecule has 0 saturated carbocycles. The predicted molar refractivity (Wildman–Crippen MR) is 72.9 cm³/mol. The highest BCUT2D eigenvalue weighted by atomic mass is 35.5. The molecular weight excluding hydrogens is 307 g/mol. The summed E-state index contributed by atoms with van der Waals surface area (Å²) in [5.74, 6) is -0.658. The minimum atomic E-state index is -4.65. The van der Waals surface area contributed by atoms with Crippen LogP contribution in [-0.4, -0.2) is 16.6 Å². The van der Waals surface area contributed by atoms with Crippen LogP contribution >= 0.6 is 11.6 Å². The molecule has 1 aromatic carbocycles. The second kappa shape index (κ2) is 6.17. The van der Waals surface area contributed by atoms with Gasteiger partial charge in [0.05, 0.1) is 6.61 Å². The van der Waals surface area contributed by atoms with Crippen LogP contribution in [0.1, 0.15) is 12.7 Å². The summed E-state index contributed by atoms with van der Waals surface area (Å²) < 4.78 is 43.1. The minimum absolute atomic E-state index is 0.0357. The number of ether oxygens (including phenoxy) is 1. The molecule has 1 heterocycles. The minimum Gasteiger partial charge on any atom is -0.494 e. The number of hydrogen-bond donors (Lipinski definition) is 1. The molecule has 0 fully saturated rings. The normalized spacial score (nSPS) is 11.3. The molecule has 0 bridgehead atoms. The number of rotatable bonds is 4. The molecule has 112 valence electrons. The van der Waals surface area contributed by atoms with E-state index in [1.165, 1.54) is 6.07 Å². The summed E-state index contributed by atoms with van der Waals surface area (Å²) in [6.45, 7) is 2.39. The fourth-order valence-electron chi connectivity index (χ4n) is 1.56. The van der Waals surface area contributed by atoms with Gasteiger partial charge in [0.25, 0.3) is 0 Å². The zero-order valence-electron chi connectivity index (χ0n) is 10.9. The van der Waals surface area contributed by atoms with E-state index in [0.717, 1.165) is 0 Å². The fourth-order valence-corrected chi connectivity index (χ4v) is 1.74. The lowest BCUT2D eigenvalue weighted by Gasteiger charge is -2.10. The standard InChI is InChI=1S/C13H11ClF3N3O/c1-2-21-9-5-3-8(4-6-9)18-11-7-10(14)19-12(20-11)13(15,16)17/h3-7H,2H2,1H3,(H,18,19,20). The van der Waals surface area contributed by atoms with Gasteiger partial charge in [0.2, 0.25) is 5.82 Å². The first-order valence-corrected chi connectivity index (χ1v) is 6.38. The second-order valence-electron chi connectivity index (χ2n) is 3.98. The van der Waals surface area contributed by atoms with Crippen molar-refractivity contribution in [1.82, 2.24) is 9.97 Å². The lowest BCUT2D eigenvalue weighted by molar-refractivity contribution is -0.144. The van der Waals surface area contributed by atoms with Crippen molar-refractivity contribution in [3.63, 3.8) is 0 Å². The van der Waals surface area contributed by atoms with Gasteiger partial charge in [-0.2, -0.15) is 13.2 Å². The van der Waals surface area contributed by atoms with Crippen LogP contribution in [0.3, 0.4) is 0 Å². The first kappa shape index (κ1) is 15.4. The van der Waals surface area contributed by atoms with Gasteiger partial charge in [-0.05, 0) is 31.2 Å². The molecule has 0 aliphatic carbocycles. The number of halogens is 4. The Balaban J connectivity index is 2.21. The van der Waals surface area contributed by atoms with Gasteiger partial charge in [0.1, 0.15) is 16.7 Å². The van der Waals surface area contributed by atoms with E-state index in [1.54, 1.807) is 24.3 Å². The molecule has 2 rings (SSSR count). The molecule has 2 aromatic rings. The van der Waals surface area contributed by atoms with Gasteiger partial charge in [-0.25, -0.2) is 9.97 Å². The summed E-state index contributed by atoms with van der Waals surface area (Å²) in [5.41, 5.74) is 0.557. The Kier molecular flexibility index (Phi) is 4.52. The van der Waals surface area contributed by atoms with E-state index in [4.69, 9.17) is 16.3 Å². The van der Waals surface area contributed by atoms with E-state index in [9.17, 15) is 13.2 Å². The molecule has 1 N–H and O–H groups in total. The molecule has 0 spiro atoms. The third-order valence-electron chi connectivity index (χ3n) is 2.39. The van der Waals surface area contributed by atoms with Crippen LogP contribution in [0.5, 0.6) is 5.75 Å². The Hall–Kier alpha value is -2.02. The molecular formula is C13H11ClF3N3O. The van der Waals surface area contributed by atoms with E-state index in [0.29, 0.717) is 18.0 Å². The largest absolute Gasteiger partial charge is 0.494 e. The summed E-state index contributed by atoms with van der Waals surface area (Å²) >= 11 is 5.58. The highest BCUT2D eigenvalue weighted by Crippen LogP contribution is 2.29. The maximum atomic E-state index is 12.6. The summed E-state index contributed by atoms with van der Waals surface area (Å²) in [5, 5.41) is 2.45. The van der Waals surface area contributed by atoms with E-state index in [-0.39, 0.29) is 11.0 Å². The topological polar surface area (TPSA) is 47.0 Å². The Labute approximate surface area is 123 Å². The van der Waals surface area contributed by atoms with E-state index >= 15 is 0 Å². The summed E-state index contributed by atoms with van der Waals surface area (Å²) in [4.78, 5) is 6.55. The van der Waals surface area contributed by atoms with Gasteiger partial charge in [0.15, 0.2) is 0 Å². The van der Waals surface area contributed by atoms with Crippen molar-refractivity contribution in [2.24, 2.45) is 0 Å². The maximum absolute atomic E-state index is 12.6. The quantitative estimate of drug-likeness (QED) is 0.854. The van der Waals surface area contributed by atoms with Crippen LogP contribution in [0.2, 0.25) is 5.15 Å². The average Bonchev–Trinajstić information content (AvgIpc) is 2.40. The number of nitrogens with zero attached hydrogens (tertiary/aromatic N) is 2. The lowest BCUT2D eigenvalue weighted by atomic mass is 10.3. The predicted octanol–water partition coefficient (Wildman–Crippen LogP) is 4.29. The first-order chi connectivity index (χ1) is 9.88. The zero-order chi connectivity index (χ0) is 15.5. The summed E-state index contributed by atoms with van der Waals surface area (Å²) in [6, 6.07) is 7.92. The van der Waals surface area contributed by atoms with Crippen molar-refractivity contribution in [2.75, 3.05) is 11.9 Å². The van der Waals surface area contributed by atoms with Crippen LogP contribution in [-0.2, 0) is 6.18 Å². The van der Waals surface area contributed by atoms with Crippen molar-refractivity contribution >= 4 is 23.1 Å². The molecule has 0 aliphatic heterocycles. The fraction of sp³-hybridized carbons (Fsp3) is 0.231. The number of hydrogen-bond acceptors (Lipinski definition) is 4. The highest BCUT2D eigenvalue weighted by Gasteiger charge is 2.35. The summed E-state index contributed by atoms with van der Waals surface area (Å²) in [6.07, 6.45) is -4.65. The third kappa shape index (κ3) is 4.22. The van der Waals surface area contributed by atoms with Crippen LogP contribution in [0.15, 0.2) is 30.3 Å². The Morgan fingerprint density at radius 1 is 1.19 bits per heavy atom. The molecule has 0 unspecified atom stereocenters. The van der Waals surface area contributed by atoms with Gasteiger partial charge >= 0.3 is 6.18 Å². The Morgan fingerprint density at radius 3 is 2.43 bits per heavy atom. The van der Waals surface area contributed by atoms with Gasteiger partial charge in [0, 0.05) is 11.8 Å². The van der Waals surface area contributed by atoms with Gasteiger partial charge in [-0.1, -0.05) is 11.6 Å². The van der Waals surface area contributed by atoms with Crippen LogP contribution in [0.25, 0.3) is 0 Å². The molecule has 0 atom stereocenters. The number of alkyl halides is 3. The van der Waals surface area contributed by atoms with E-state index in [1.807, 2.05) is 6.92 Å². The van der Waals surface area contributed by atoms with Crippen molar-refractivity contribution < 1.29 is 17.9 Å². The van der Waals surface area contributed by atoms with Gasteiger partial charge in [-0.15, -0.1) is 0 Å². The molecule has 4 nitrogen and oxygen atoms in total. The lowest BCUT2D eigenvalue weighted by Crippen LogP contribution is -2.12. The highest BCUT2D eigenvalue weighted by molar-refractivity contribution is 6.29. The molecule has 0 amide bonds. The van der Waals surface area contributed by atoms with Crippen molar-refractivity contribution in [3.05, 3.63) is 41.3 Å². The summed E-state index contributed by atoms with van der Waals surface area (Å²) in [7, 11) is 0. The van der Waals surface area contributed by atoms with E-state index in [2.05, 4.69) is 15.3 Å². The maximum Gasteiger partial charge on any atom is 0.451 e. The Morgan fingerprint density at radius 2 is 1.86 bits per heavy atom. The molecule has 1 aromatic heterocycles. The van der Waals surface area contributed by atoms with Crippen LogP contribution < -0.4 is 10.1 Å². The SMILES string of the molecule is CCOc1ccc(Nc2cc(Cl)nc(C(F)(F)F)n2)cc1. The number of anilines is 2. The number of benzene rings is 1. The number of nitrogens with one attached hydrogen (secondary N) is 1. The van der Waals surface area contributed by atoms with Gasteiger partial charge in [-0.3, -0.25) is 0 Å². The molecule has 0 aliphatic rings. The van der Waals surface area contributed by atoms with Crippen molar-refractivity contribution in [1.29, 1.82) is 0 Å². The second-order valence-corrected chi connectivity index (χ2v) is 4.37. The Bertz CT molecular complexity index is 617. The number of aromatic nitrogens is 2. The molecule has 21 heavy (non-hydrogen) atoms. The van der Waals surface area contributed by atoms with E-state index < -0.39 is 12.0 Å². The van der Waals surface area contributed by atoms with Gasteiger partial charge < -0.3 is 10.1 Å². The van der Waals surface area contributed by atoms with Crippen molar-refractivity contribution in [3.8, 4) is 5.75 Å². The van der Waals surface area contributed by atoms with Crippen molar-refractivity contribution in [2.45, 2.75) is 13.1 Å². The zero-order valence-corrected chi connectivity index (χ0v) is 11.7. The smallest absolute Gasteiger partial charge is 0.451 e. The first-order valence-electron chi connectivity index (χ1n) is 6.00. The average molecular weight is 318 g/mol. The van der Waals surface area contributed by atoms with Crippen LogP contribution in [0.4, 0.5) is 24.7 Å².